The van der Waals surface area contributed by atoms with E-state index in [9.17, 15) is 4.79 Å². The number of carbonyl (C=O) groups excluding carboxylic acids is 1. The summed E-state index contributed by atoms with van der Waals surface area (Å²) in [7, 11) is 1.75. The molecule has 0 N–H and O–H groups in total. The number of ether oxygens (including phenoxy) is 1. The minimum absolute atomic E-state index is 0.0200. The van der Waals surface area contributed by atoms with Gasteiger partial charge in [-0.15, -0.1) is 0 Å². The van der Waals surface area contributed by atoms with E-state index in [-0.39, 0.29) is 5.91 Å². The monoisotopic (exact) mass is 443 g/mol. The van der Waals surface area contributed by atoms with Crippen molar-refractivity contribution in [2.75, 3.05) is 44.8 Å². The third kappa shape index (κ3) is 6.28. The SMILES string of the molecule is CN(C(=O)CCOCCN1CCC(c2ccccc2-c2ccccc2)CC1)c1ccccn1. The molecule has 1 aromatic heterocycles. The van der Waals surface area contributed by atoms with Crippen LogP contribution in [0.4, 0.5) is 5.82 Å². The molecule has 0 atom stereocenters. The molecule has 1 aliphatic heterocycles. The Kier molecular flexibility index (Phi) is 8.23. The summed E-state index contributed by atoms with van der Waals surface area (Å²) in [5.74, 6) is 1.28. The zero-order chi connectivity index (χ0) is 22.9. The van der Waals surface area contributed by atoms with Gasteiger partial charge in [0.05, 0.1) is 19.6 Å². The van der Waals surface area contributed by atoms with Gasteiger partial charge in [0.15, 0.2) is 0 Å². The highest BCUT2D eigenvalue weighted by molar-refractivity contribution is 5.91. The van der Waals surface area contributed by atoms with Gasteiger partial charge in [0, 0.05) is 19.8 Å². The molecule has 4 rings (SSSR count). The predicted molar refractivity (Wildman–Crippen MR) is 133 cm³/mol. The van der Waals surface area contributed by atoms with Crippen LogP contribution in [0, 0.1) is 0 Å². The standard InChI is InChI=1S/C28H33N3O2/c1-30(27-13-7-8-17-29-27)28(32)16-21-33-22-20-31-18-14-24(15-19-31)26-12-6-5-11-25(26)23-9-3-2-4-10-23/h2-13,17,24H,14-16,18-22H2,1H3. The number of rotatable bonds is 9. The Morgan fingerprint density at radius 2 is 1.70 bits per heavy atom. The van der Waals surface area contributed by atoms with E-state index in [1.807, 2.05) is 18.2 Å². The van der Waals surface area contributed by atoms with Gasteiger partial charge in [-0.1, -0.05) is 60.7 Å². The van der Waals surface area contributed by atoms with Crippen molar-refractivity contribution in [3.05, 3.63) is 84.6 Å². The molecule has 1 saturated heterocycles. The topological polar surface area (TPSA) is 45.7 Å². The highest BCUT2D eigenvalue weighted by atomic mass is 16.5. The Morgan fingerprint density at radius 3 is 2.45 bits per heavy atom. The van der Waals surface area contributed by atoms with Crippen LogP contribution in [0.2, 0.25) is 0 Å². The van der Waals surface area contributed by atoms with Gasteiger partial charge in [-0.2, -0.15) is 0 Å². The Balaban J connectivity index is 1.18. The van der Waals surface area contributed by atoms with Gasteiger partial charge in [-0.05, 0) is 60.7 Å². The molecule has 0 bridgehead atoms. The predicted octanol–water partition coefficient (Wildman–Crippen LogP) is 5.00. The van der Waals surface area contributed by atoms with Crippen LogP contribution in [-0.2, 0) is 9.53 Å². The fraction of sp³-hybridized carbons (Fsp3) is 0.357. The second kappa shape index (κ2) is 11.7. The summed E-state index contributed by atoms with van der Waals surface area (Å²) in [5, 5.41) is 0. The molecular formula is C28H33N3O2. The molecule has 0 unspecified atom stereocenters. The maximum absolute atomic E-state index is 12.3. The molecule has 1 fully saturated rings. The number of hydrogen-bond donors (Lipinski definition) is 0. The van der Waals surface area contributed by atoms with Crippen LogP contribution < -0.4 is 4.90 Å². The molecule has 0 radical (unpaired) electrons. The molecule has 2 aromatic carbocycles. The lowest BCUT2D eigenvalue weighted by Gasteiger charge is -2.33. The normalized spacial score (nSPS) is 14.8. The van der Waals surface area contributed by atoms with Crippen molar-refractivity contribution in [2.45, 2.75) is 25.2 Å². The van der Waals surface area contributed by atoms with Crippen molar-refractivity contribution >= 4 is 11.7 Å². The second-order valence-corrected chi connectivity index (χ2v) is 8.57. The summed E-state index contributed by atoms with van der Waals surface area (Å²) in [5.41, 5.74) is 4.13. The van der Waals surface area contributed by atoms with Crippen LogP contribution >= 0.6 is 0 Å². The van der Waals surface area contributed by atoms with E-state index in [0.29, 0.717) is 31.4 Å². The first-order valence-electron chi connectivity index (χ1n) is 11.8. The molecule has 1 amide bonds. The van der Waals surface area contributed by atoms with E-state index in [4.69, 9.17) is 4.74 Å². The number of carbonyl (C=O) groups is 1. The van der Waals surface area contributed by atoms with Crippen LogP contribution in [0.15, 0.2) is 79.0 Å². The number of piperidine rings is 1. The van der Waals surface area contributed by atoms with Crippen LogP contribution in [0.1, 0.15) is 30.7 Å². The third-order valence-electron chi connectivity index (χ3n) is 6.45. The number of benzene rings is 2. The first kappa shape index (κ1) is 23.1. The fourth-order valence-corrected chi connectivity index (χ4v) is 4.50. The molecule has 5 heteroatoms. The summed E-state index contributed by atoms with van der Waals surface area (Å²) in [6.07, 6.45) is 4.39. The summed E-state index contributed by atoms with van der Waals surface area (Å²) in [6.45, 7) is 4.18. The largest absolute Gasteiger partial charge is 0.380 e. The molecule has 0 aliphatic carbocycles. The molecule has 5 nitrogen and oxygen atoms in total. The zero-order valence-corrected chi connectivity index (χ0v) is 19.4. The molecule has 2 heterocycles. The number of aromatic nitrogens is 1. The lowest BCUT2D eigenvalue weighted by Crippen LogP contribution is -2.35. The quantitative estimate of drug-likeness (QED) is 0.437. The molecule has 0 spiro atoms. The van der Waals surface area contributed by atoms with Crippen molar-refractivity contribution in [1.29, 1.82) is 0 Å². The maximum Gasteiger partial charge on any atom is 0.230 e. The smallest absolute Gasteiger partial charge is 0.230 e. The van der Waals surface area contributed by atoms with Crippen molar-refractivity contribution in [2.24, 2.45) is 0 Å². The summed E-state index contributed by atoms with van der Waals surface area (Å²) in [6, 6.07) is 25.1. The number of likely N-dealkylation sites (tertiary alicyclic amines) is 1. The zero-order valence-electron chi connectivity index (χ0n) is 19.4. The van der Waals surface area contributed by atoms with Crippen LogP contribution in [0.3, 0.4) is 0 Å². The minimum atomic E-state index is 0.0200. The summed E-state index contributed by atoms with van der Waals surface area (Å²) in [4.78, 5) is 20.6. The molecule has 1 aliphatic rings. The molecule has 33 heavy (non-hydrogen) atoms. The number of nitrogens with zero attached hydrogens (tertiary/aromatic N) is 3. The molecular weight excluding hydrogens is 410 g/mol. The fourth-order valence-electron chi connectivity index (χ4n) is 4.50. The Morgan fingerprint density at radius 1 is 0.970 bits per heavy atom. The third-order valence-corrected chi connectivity index (χ3v) is 6.45. The Hall–Kier alpha value is -3.02. The van der Waals surface area contributed by atoms with E-state index in [1.165, 1.54) is 16.7 Å². The lowest BCUT2D eigenvalue weighted by molar-refractivity contribution is -0.119. The minimum Gasteiger partial charge on any atom is -0.380 e. The number of pyridine rings is 1. The van der Waals surface area contributed by atoms with Gasteiger partial charge in [0.25, 0.3) is 0 Å². The van der Waals surface area contributed by atoms with E-state index in [2.05, 4.69) is 64.5 Å². The maximum atomic E-state index is 12.3. The number of amides is 1. The van der Waals surface area contributed by atoms with Gasteiger partial charge in [-0.3, -0.25) is 9.69 Å². The van der Waals surface area contributed by atoms with Gasteiger partial charge in [-0.25, -0.2) is 4.98 Å². The van der Waals surface area contributed by atoms with E-state index in [1.54, 1.807) is 18.1 Å². The number of hydrogen-bond acceptors (Lipinski definition) is 4. The average Bonchev–Trinajstić information content (AvgIpc) is 2.89. The highest BCUT2D eigenvalue weighted by Crippen LogP contribution is 2.35. The van der Waals surface area contributed by atoms with Crippen molar-refractivity contribution in [1.82, 2.24) is 9.88 Å². The first-order chi connectivity index (χ1) is 16.2. The summed E-state index contributed by atoms with van der Waals surface area (Å²) < 4.78 is 5.77. The summed E-state index contributed by atoms with van der Waals surface area (Å²) >= 11 is 0. The van der Waals surface area contributed by atoms with E-state index in [0.717, 1.165) is 32.5 Å². The lowest BCUT2D eigenvalue weighted by atomic mass is 9.84. The van der Waals surface area contributed by atoms with Crippen LogP contribution in [0.25, 0.3) is 11.1 Å². The van der Waals surface area contributed by atoms with Gasteiger partial charge >= 0.3 is 0 Å². The average molecular weight is 444 g/mol. The Labute approximate surface area is 197 Å². The van der Waals surface area contributed by atoms with Crippen molar-refractivity contribution in [3.8, 4) is 11.1 Å². The van der Waals surface area contributed by atoms with Gasteiger partial charge < -0.3 is 9.64 Å². The van der Waals surface area contributed by atoms with Crippen molar-refractivity contribution < 1.29 is 9.53 Å². The molecule has 0 saturated carbocycles. The van der Waals surface area contributed by atoms with Crippen LogP contribution in [-0.4, -0.2) is 55.7 Å². The number of anilines is 1. The molecule has 172 valence electrons. The molecule has 3 aromatic rings. The second-order valence-electron chi connectivity index (χ2n) is 8.57. The highest BCUT2D eigenvalue weighted by Gasteiger charge is 2.22. The van der Waals surface area contributed by atoms with Gasteiger partial charge in [0.2, 0.25) is 5.91 Å². The van der Waals surface area contributed by atoms with Crippen LogP contribution in [0.5, 0.6) is 0 Å². The van der Waals surface area contributed by atoms with Gasteiger partial charge in [0.1, 0.15) is 5.82 Å². The van der Waals surface area contributed by atoms with E-state index >= 15 is 0 Å². The Bertz CT molecular complexity index is 1000. The van der Waals surface area contributed by atoms with Crippen molar-refractivity contribution in [3.63, 3.8) is 0 Å². The van der Waals surface area contributed by atoms with E-state index < -0.39 is 0 Å². The first-order valence-corrected chi connectivity index (χ1v) is 11.8.